The number of aromatic amines is 1. The van der Waals surface area contributed by atoms with Gasteiger partial charge in [0.15, 0.2) is 5.88 Å². The molecule has 9 aromatic rings. The molecule has 376 valence electrons. The van der Waals surface area contributed by atoms with Crippen LogP contribution in [0.3, 0.4) is 0 Å². The van der Waals surface area contributed by atoms with Gasteiger partial charge in [-0.15, -0.1) is 0 Å². The maximum absolute atomic E-state index is 13.8. The highest BCUT2D eigenvalue weighted by Crippen LogP contribution is 2.47. The van der Waals surface area contributed by atoms with Crippen molar-refractivity contribution < 1.29 is 19.5 Å². The quantitative estimate of drug-likeness (QED) is 0.157. The lowest BCUT2D eigenvalue weighted by molar-refractivity contribution is -0.123. The van der Waals surface area contributed by atoms with Crippen molar-refractivity contribution in [2.45, 2.75) is 27.7 Å². The van der Waals surface area contributed by atoms with E-state index < -0.39 is 0 Å². The average molecular weight is 989 g/mol. The second kappa shape index (κ2) is 16.8. The topological polar surface area (TPSA) is 146 Å². The Morgan fingerprint density at radius 3 is 1.00 bits per heavy atom. The molecule has 12 heterocycles. The maximum Gasteiger partial charge on any atom is 0.280 e. The van der Waals surface area contributed by atoms with Gasteiger partial charge in [0, 0.05) is 93.3 Å². The van der Waals surface area contributed by atoms with Crippen LogP contribution >= 0.6 is 0 Å². The van der Waals surface area contributed by atoms with Crippen LogP contribution in [0.1, 0.15) is 55.8 Å². The third-order valence-electron chi connectivity index (χ3n) is 16.1. The predicted molar refractivity (Wildman–Crippen MR) is 289 cm³/mol. The summed E-state index contributed by atoms with van der Waals surface area (Å²) in [7, 11) is 19.5. The van der Waals surface area contributed by atoms with Gasteiger partial charge >= 0.3 is 0 Å². The minimum absolute atomic E-state index is 0.0560. The van der Waals surface area contributed by atoms with Crippen molar-refractivity contribution >= 4 is 34.8 Å². The molecule has 74 heavy (non-hydrogen) atoms. The van der Waals surface area contributed by atoms with Crippen LogP contribution in [0.15, 0.2) is 113 Å². The number of nitrogens with zero attached hydrogens (tertiary/aromatic N) is 11. The molecular weight excluding hydrogens is 929 g/mol. The summed E-state index contributed by atoms with van der Waals surface area (Å²) in [5.41, 5.74) is 20.3. The molecule has 0 aromatic carbocycles. The fraction of sp³-hybridized carbons (Fsp3) is 0.241. The maximum atomic E-state index is 13.8. The summed E-state index contributed by atoms with van der Waals surface area (Å²) in [5.74, 6) is -0.753. The predicted octanol–water partition coefficient (Wildman–Crippen LogP) is 8.74. The Bertz CT molecular complexity index is 3860. The first-order valence-corrected chi connectivity index (χ1v) is 24.5. The Hall–Kier alpha value is -8.92. The fourth-order valence-electron chi connectivity index (χ4n) is 11.2. The van der Waals surface area contributed by atoms with E-state index in [4.69, 9.17) is 0 Å². The van der Waals surface area contributed by atoms with E-state index in [-0.39, 0.29) is 23.6 Å². The molecule has 9 aromatic heterocycles. The Kier molecular flexibility index (Phi) is 10.8. The molecule has 0 radical (unpaired) electrons. The van der Waals surface area contributed by atoms with Gasteiger partial charge in [-0.1, -0.05) is 0 Å². The number of carbonyl (C=O) groups excluding carboxylic acids is 3. The molecule has 0 saturated heterocycles. The second-order valence-corrected chi connectivity index (χ2v) is 19.9. The third kappa shape index (κ3) is 6.66. The number of amides is 3. The lowest BCUT2D eigenvalue weighted by Crippen LogP contribution is -2.26. The molecule has 0 atom stereocenters. The molecule has 3 amide bonds. The van der Waals surface area contributed by atoms with E-state index in [2.05, 4.69) is 114 Å². The largest absolute Gasteiger partial charge is 0.494 e. The zero-order valence-electron chi connectivity index (χ0n) is 44.3. The monoisotopic (exact) mass is 988 g/mol. The van der Waals surface area contributed by atoms with Crippen molar-refractivity contribution in [1.29, 1.82) is 0 Å². The highest BCUT2D eigenvalue weighted by molar-refractivity contribution is 6.31. The van der Waals surface area contributed by atoms with Crippen molar-refractivity contribution in [2.75, 3.05) is 14.1 Å². The van der Waals surface area contributed by atoms with Crippen molar-refractivity contribution in [3.05, 3.63) is 159 Å². The van der Waals surface area contributed by atoms with E-state index in [1.54, 1.807) is 23.9 Å². The van der Waals surface area contributed by atoms with Crippen LogP contribution in [-0.2, 0) is 66.0 Å². The van der Waals surface area contributed by atoms with E-state index in [1.807, 2.05) is 114 Å². The van der Waals surface area contributed by atoms with E-state index in [1.165, 1.54) is 0 Å². The molecular formula is C58H60N12O4. The standard InChI is InChI=1S/C30H32N6O2.C28H28N6O2/c1-17-9-11-19(31(17)3)21-13-15-23(33(21)5)27-25-26(30(38)35(27)7)28(36(8)29(25)37)24-16-14-22(34(24)6)20-12-10-18(2)32(20)4;1-15-7-9-17(31(15)3)19-11-13-21(33(19)5)25-23-24(28(36)29-25)26(30-27(23)35)22-14-12-20(34(22)6)18-10-8-16(2)32(18)4/h9-16H,1-8H3;7-14,29,36H,1-6H3. The number of hydrogen-bond acceptors (Lipinski definition) is 4. The summed E-state index contributed by atoms with van der Waals surface area (Å²) < 4.78 is 16.7. The number of carbonyl (C=O) groups is 3. The van der Waals surface area contributed by atoms with Crippen LogP contribution < -0.4 is 0 Å². The number of nitrogens with one attached hydrogen (secondary N) is 1. The molecule has 12 rings (SSSR count). The SMILES string of the molecule is Cc1ccc(-c2ccc(C3=C4C(=O)N(C)C(c5ccc(-c6ccc(C)n6C)n5C)=C4C(=O)N3C)n2C)n1C.Cc1ccc(-c2ccc(C3=NC(=O)c4c(-c5ccc(-c6ccc(C)n6C)n5C)[nH]c(O)c43)n2C)n1C. The Labute approximate surface area is 429 Å². The molecule has 0 spiro atoms. The zero-order chi connectivity index (χ0) is 52.7. The number of aromatic hydroxyl groups is 1. The van der Waals surface area contributed by atoms with E-state index >= 15 is 0 Å². The molecule has 0 aliphatic carbocycles. The van der Waals surface area contributed by atoms with Crippen LogP contribution in [0.25, 0.3) is 68.3 Å². The Morgan fingerprint density at radius 2 is 0.649 bits per heavy atom. The van der Waals surface area contributed by atoms with Gasteiger partial charge in [-0.25, -0.2) is 4.99 Å². The lowest BCUT2D eigenvalue weighted by atomic mass is 10.1. The fourth-order valence-corrected chi connectivity index (χ4v) is 11.2. The van der Waals surface area contributed by atoms with Gasteiger partial charge in [-0.3, -0.25) is 14.4 Å². The van der Waals surface area contributed by atoms with Gasteiger partial charge in [0.1, 0.15) is 5.71 Å². The first kappa shape index (κ1) is 47.4. The van der Waals surface area contributed by atoms with Gasteiger partial charge in [-0.2, -0.15) is 0 Å². The highest BCUT2D eigenvalue weighted by Gasteiger charge is 2.48. The van der Waals surface area contributed by atoms with E-state index in [9.17, 15) is 19.5 Å². The van der Waals surface area contributed by atoms with Crippen molar-refractivity contribution in [1.82, 2.24) is 51.3 Å². The molecule has 16 nitrogen and oxygen atoms in total. The minimum atomic E-state index is -0.360. The lowest BCUT2D eigenvalue weighted by Gasteiger charge is -2.21. The van der Waals surface area contributed by atoms with Crippen LogP contribution in [0.2, 0.25) is 0 Å². The molecule has 0 bridgehead atoms. The molecule has 0 fully saturated rings. The molecule has 3 aliphatic heterocycles. The Morgan fingerprint density at radius 1 is 0.365 bits per heavy atom. The summed E-state index contributed by atoms with van der Waals surface area (Å²) in [6.45, 7) is 8.27. The second-order valence-electron chi connectivity index (χ2n) is 19.9. The summed E-state index contributed by atoms with van der Waals surface area (Å²) in [5, 5.41) is 11.0. The summed E-state index contributed by atoms with van der Waals surface area (Å²) >= 11 is 0. The minimum Gasteiger partial charge on any atom is -0.494 e. The van der Waals surface area contributed by atoms with Crippen LogP contribution in [-0.4, -0.2) is 94.0 Å². The Balaban J connectivity index is 0.000000159. The normalized spacial score (nSPS) is 14.4. The van der Waals surface area contributed by atoms with Crippen LogP contribution in [0.4, 0.5) is 0 Å². The first-order valence-electron chi connectivity index (χ1n) is 24.5. The number of aryl methyl sites for hydroxylation is 4. The zero-order valence-corrected chi connectivity index (χ0v) is 44.3. The van der Waals surface area contributed by atoms with Gasteiger partial charge < -0.3 is 56.4 Å². The summed E-state index contributed by atoms with van der Waals surface area (Å²) in [6, 6.07) is 32.7. The van der Waals surface area contributed by atoms with Crippen molar-refractivity contribution in [3.63, 3.8) is 0 Å². The van der Waals surface area contributed by atoms with E-state index in [0.29, 0.717) is 45.1 Å². The average Bonchev–Trinajstić information content (AvgIpc) is 4.27. The third-order valence-corrected chi connectivity index (χ3v) is 16.1. The molecule has 3 aliphatic rings. The van der Waals surface area contributed by atoms with Gasteiger partial charge in [0.2, 0.25) is 0 Å². The number of likely N-dealkylation sites (N-methyl/N-ethyl adjacent to an activating group) is 2. The number of aromatic nitrogens is 9. The van der Waals surface area contributed by atoms with Gasteiger partial charge in [0.05, 0.1) is 108 Å². The van der Waals surface area contributed by atoms with Gasteiger partial charge in [0.25, 0.3) is 17.7 Å². The molecule has 2 N–H and O–H groups in total. The number of hydrogen-bond donors (Lipinski definition) is 2. The molecule has 0 unspecified atom stereocenters. The summed E-state index contributed by atoms with van der Waals surface area (Å²) in [4.78, 5) is 51.4. The highest BCUT2D eigenvalue weighted by atomic mass is 16.3. The number of rotatable bonds is 8. The number of H-pyrrole nitrogens is 1. The first-order chi connectivity index (χ1) is 35.2. The smallest absolute Gasteiger partial charge is 0.280 e. The number of aliphatic imine (C=N–C) groups is 1. The van der Waals surface area contributed by atoms with Gasteiger partial charge in [-0.05, 0) is 125 Å². The molecule has 0 saturated carbocycles. The van der Waals surface area contributed by atoms with Crippen molar-refractivity contribution in [3.8, 4) is 62.8 Å². The van der Waals surface area contributed by atoms with Crippen LogP contribution in [0, 0.1) is 27.7 Å². The van der Waals surface area contributed by atoms with Crippen molar-refractivity contribution in [2.24, 2.45) is 61.4 Å². The van der Waals surface area contributed by atoms with E-state index in [0.717, 1.165) is 91.1 Å². The molecule has 16 heteroatoms. The van der Waals surface area contributed by atoms with Crippen LogP contribution in [0.5, 0.6) is 5.88 Å². The number of fused-ring (bicyclic) bond motifs is 2. The summed E-state index contributed by atoms with van der Waals surface area (Å²) in [6.07, 6.45) is 0.